The fourth-order valence-corrected chi connectivity index (χ4v) is 2.87. The molecule has 7 heteroatoms. The van der Waals surface area contributed by atoms with E-state index in [9.17, 15) is 4.79 Å². The lowest BCUT2D eigenvalue weighted by Gasteiger charge is -2.28. The first-order chi connectivity index (χ1) is 10.9. The Balaban J connectivity index is 1.78. The lowest BCUT2D eigenvalue weighted by atomic mass is 10.1. The highest BCUT2D eigenvalue weighted by molar-refractivity contribution is 5.68. The number of aromatic nitrogens is 2. The molecule has 0 aliphatic carbocycles. The van der Waals surface area contributed by atoms with Crippen molar-refractivity contribution in [1.29, 1.82) is 5.26 Å². The van der Waals surface area contributed by atoms with Crippen molar-refractivity contribution in [3.05, 3.63) is 23.5 Å². The monoisotopic (exact) mass is 315 g/mol. The van der Waals surface area contributed by atoms with Crippen molar-refractivity contribution in [1.82, 2.24) is 14.7 Å². The highest BCUT2D eigenvalue weighted by Crippen LogP contribution is 2.31. The Morgan fingerprint density at radius 2 is 2.30 bits per heavy atom. The van der Waals surface area contributed by atoms with Crippen molar-refractivity contribution in [3.63, 3.8) is 0 Å². The highest BCUT2D eigenvalue weighted by atomic mass is 16.6. The minimum absolute atomic E-state index is 0.136. The van der Waals surface area contributed by atoms with Crippen molar-refractivity contribution >= 4 is 11.9 Å². The summed E-state index contributed by atoms with van der Waals surface area (Å²) in [6.45, 7) is 6.25. The van der Waals surface area contributed by atoms with Gasteiger partial charge in [0.2, 0.25) is 0 Å². The van der Waals surface area contributed by atoms with Crippen LogP contribution in [0.15, 0.2) is 18.0 Å². The summed E-state index contributed by atoms with van der Waals surface area (Å²) in [5.41, 5.74) is 1.13. The van der Waals surface area contributed by atoms with E-state index in [1.54, 1.807) is 11.1 Å². The molecular formula is C16H21N5O2. The quantitative estimate of drug-likeness (QED) is 0.861. The number of nitriles is 1. The summed E-state index contributed by atoms with van der Waals surface area (Å²) in [7, 11) is 0. The average Bonchev–Trinajstić information content (AvgIpc) is 3.10. The summed E-state index contributed by atoms with van der Waals surface area (Å²) in [6.07, 6.45) is 5.49. The van der Waals surface area contributed by atoms with Gasteiger partial charge in [0.25, 0.3) is 0 Å². The molecule has 1 aromatic heterocycles. The number of nitrogens with zero attached hydrogens (tertiary/aromatic N) is 4. The Kier molecular flexibility index (Phi) is 3.76. The maximum atomic E-state index is 12.4. The summed E-state index contributed by atoms with van der Waals surface area (Å²) in [5, 5.41) is 16.6. The molecule has 1 saturated heterocycles. The smallest absolute Gasteiger partial charge is 0.411 e. The number of anilines is 1. The number of hydrogen-bond donors (Lipinski definition) is 1. The fourth-order valence-electron chi connectivity index (χ4n) is 2.87. The van der Waals surface area contributed by atoms with Gasteiger partial charge in [0.15, 0.2) is 5.82 Å². The van der Waals surface area contributed by atoms with Crippen LogP contribution in [-0.2, 0) is 11.2 Å². The number of amides is 1. The second kappa shape index (κ2) is 5.61. The summed E-state index contributed by atoms with van der Waals surface area (Å²) in [5.74, 6) is 0.750. The summed E-state index contributed by atoms with van der Waals surface area (Å²) in [4.78, 5) is 14.1. The molecular weight excluding hydrogens is 294 g/mol. The number of ether oxygens (including phenoxy) is 1. The number of likely N-dealkylation sites (tertiary alicyclic amines) is 1. The van der Waals surface area contributed by atoms with Crippen LogP contribution in [0.2, 0.25) is 0 Å². The molecule has 1 unspecified atom stereocenters. The summed E-state index contributed by atoms with van der Waals surface area (Å²) in [6, 6.07) is 2.15. The Morgan fingerprint density at radius 1 is 1.52 bits per heavy atom. The number of nitrogens with one attached hydrogen (secondary N) is 1. The van der Waals surface area contributed by atoms with Crippen molar-refractivity contribution in [2.24, 2.45) is 0 Å². The standard InChI is InChI=1S/C16H21N5O2/c1-16(2,3)23-15(22)20-6-4-5-13(20)21-10-12-7-11(8-17)9-18-14(12)19-21/h9-10,13H,4-7H2,1-3H3,(H,18,19). The predicted molar refractivity (Wildman–Crippen MR) is 84.5 cm³/mol. The lowest BCUT2D eigenvalue weighted by Crippen LogP contribution is -2.38. The van der Waals surface area contributed by atoms with Crippen molar-refractivity contribution in [2.75, 3.05) is 11.9 Å². The molecule has 1 fully saturated rings. The lowest BCUT2D eigenvalue weighted by molar-refractivity contribution is 0.0149. The third-order valence-electron chi connectivity index (χ3n) is 3.87. The average molecular weight is 315 g/mol. The molecule has 1 aromatic rings. The number of hydrogen-bond acceptors (Lipinski definition) is 5. The molecule has 3 rings (SSSR count). The third-order valence-corrected chi connectivity index (χ3v) is 3.87. The maximum absolute atomic E-state index is 12.4. The zero-order valence-electron chi connectivity index (χ0n) is 13.7. The van der Waals surface area contributed by atoms with E-state index >= 15 is 0 Å². The van der Waals surface area contributed by atoms with Gasteiger partial charge in [-0.1, -0.05) is 0 Å². The van der Waals surface area contributed by atoms with Crippen LogP contribution in [0.1, 0.15) is 45.3 Å². The first-order valence-electron chi connectivity index (χ1n) is 7.81. The Bertz CT molecular complexity index is 692. The first-order valence-corrected chi connectivity index (χ1v) is 7.81. The van der Waals surface area contributed by atoms with E-state index in [0.29, 0.717) is 18.5 Å². The molecule has 0 radical (unpaired) electrons. The van der Waals surface area contributed by atoms with E-state index in [1.165, 1.54) is 0 Å². The van der Waals surface area contributed by atoms with Gasteiger partial charge >= 0.3 is 6.09 Å². The van der Waals surface area contributed by atoms with Crippen LogP contribution < -0.4 is 5.32 Å². The predicted octanol–water partition coefficient (Wildman–Crippen LogP) is 2.79. The molecule has 0 saturated carbocycles. The molecule has 2 aliphatic rings. The van der Waals surface area contributed by atoms with Crippen molar-refractivity contribution < 1.29 is 9.53 Å². The van der Waals surface area contributed by atoms with Gasteiger partial charge in [-0.25, -0.2) is 9.48 Å². The van der Waals surface area contributed by atoms with Gasteiger partial charge < -0.3 is 10.1 Å². The van der Waals surface area contributed by atoms with E-state index in [4.69, 9.17) is 10.00 Å². The van der Waals surface area contributed by atoms with Gasteiger partial charge in [0.1, 0.15) is 11.8 Å². The normalized spacial score (nSPS) is 20.3. The van der Waals surface area contributed by atoms with Crippen LogP contribution in [0, 0.1) is 11.3 Å². The first kappa shape index (κ1) is 15.4. The maximum Gasteiger partial charge on any atom is 0.411 e. The largest absolute Gasteiger partial charge is 0.444 e. The molecule has 0 aromatic carbocycles. The molecule has 122 valence electrons. The Labute approximate surface area is 135 Å². The van der Waals surface area contributed by atoms with Gasteiger partial charge in [-0.05, 0) is 33.6 Å². The van der Waals surface area contributed by atoms with E-state index in [-0.39, 0.29) is 12.3 Å². The van der Waals surface area contributed by atoms with Gasteiger partial charge in [-0.15, -0.1) is 0 Å². The van der Waals surface area contributed by atoms with Crippen molar-refractivity contribution in [3.8, 4) is 6.07 Å². The zero-order valence-corrected chi connectivity index (χ0v) is 13.7. The molecule has 1 N–H and O–H groups in total. The van der Waals surface area contributed by atoms with E-state index in [1.807, 2.05) is 31.6 Å². The SMILES string of the molecule is CC(C)(C)OC(=O)N1CCCC1n1cc2c(n1)NC=C(C#N)C2. The summed E-state index contributed by atoms with van der Waals surface area (Å²) >= 11 is 0. The zero-order chi connectivity index (χ0) is 16.6. The van der Waals surface area contributed by atoms with Crippen LogP contribution >= 0.6 is 0 Å². The number of rotatable bonds is 1. The Morgan fingerprint density at radius 3 is 3.00 bits per heavy atom. The molecule has 23 heavy (non-hydrogen) atoms. The van der Waals surface area contributed by atoms with Gasteiger partial charge in [-0.2, -0.15) is 10.4 Å². The van der Waals surface area contributed by atoms with Gasteiger partial charge in [-0.3, -0.25) is 4.90 Å². The molecule has 7 nitrogen and oxygen atoms in total. The van der Waals surface area contributed by atoms with E-state index in [2.05, 4.69) is 16.5 Å². The van der Waals surface area contributed by atoms with E-state index in [0.717, 1.165) is 24.2 Å². The topological polar surface area (TPSA) is 83.2 Å². The summed E-state index contributed by atoms with van der Waals surface area (Å²) < 4.78 is 7.30. The molecule has 2 aliphatic heterocycles. The van der Waals surface area contributed by atoms with Crippen molar-refractivity contribution in [2.45, 2.75) is 51.8 Å². The molecule has 0 bridgehead atoms. The molecule has 1 atom stereocenters. The van der Waals surface area contributed by atoms with E-state index < -0.39 is 5.60 Å². The number of allylic oxidation sites excluding steroid dienone is 1. The Hall–Kier alpha value is -2.49. The number of fused-ring (bicyclic) bond motifs is 1. The molecule has 1 amide bonds. The highest BCUT2D eigenvalue weighted by Gasteiger charge is 2.34. The van der Waals surface area contributed by atoms with Gasteiger partial charge in [0, 0.05) is 30.9 Å². The van der Waals surface area contributed by atoms with Crippen LogP contribution in [-0.4, -0.2) is 32.9 Å². The number of carbonyl (C=O) groups excluding carboxylic acids is 1. The van der Waals surface area contributed by atoms with Gasteiger partial charge in [0.05, 0.1) is 11.6 Å². The van der Waals surface area contributed by atoms with Crippen LogP contribution in [0.25, 0.3) is 0 Å². The van der Waals surface area contributed by atoms with Crippen LogP contribution in [0.3, 0.4) is 0 Å². The second-order valence-corrected chi connectivity index (χ2v) is 6.88. The fraction of sp³-hybridized carbons (Fsp3) is 0.562. The minimum atomic E-state index is -0.513. The number of carbonyl (C=O) groups is 1. The van der Waals surface area contributed by atoms with Crippen LogP contribution in [0.4, 0.5) is 10.6 Å². The van der Waals surface area contributed by atoms with Crippen LogP contribution in [0.5, 0.6) is 0 Å². The molecule has 0 spiro atoms. The second-order valence-electron chi connectivity index (χ2n) is 6.88. The third kappa shape index (κ3) is 3.16. The molecule has 3 heterocycles. The minimum Gasteiger partial charge on any atom is -0.444 e.